The fraction of sp³-hybridized carbons (Fsp3) is 0.333. The zero-order valence-electron chi connectivity index (χ0n) is 10.7. The molecular weight excluding hydrogens is 301 g/mol. The number of halogens is 2. The topological polar surface area (TPSA) is 91.2 Å². The second kappa shape index (κ2) is 5.28. The molecule has 2 aromatic rings. The van der Waals surface area contributed by atoms with Gasteiger partial charge in [-0.1, -0.05) is 11.6 Å². The van der Waals surface area contributed by atoms with Crippen molar-refractivity contribution >= 4 is 34.4 Å². The van der Waals surface area contributed by atoms with Crippen molar-refractivity contribution in [2.75, 3.05) is 18.4 Å². The first-order valence-electron chi connectivity index (χ1n) is 6.21. The number of amides is 1. The van der Waals surface area contributed by atoms with Crippen molar-refractivity contribution in [3.05, 3.63) is 23.5 Å². The fourth-order valence-corrected chi connectivity index (χ4v) is 2.48. The third kappa shape index (κ3) is 2.54. The molecule has 1 aliphatic rings. The van der Waals surface area contributed by atoms with Crippen LogP contribution in [0.5, 0.6) is 0 Å². The molecule has 21 heavy (non-hydrogen) atoms. The maximum Gasteiger partial charge on any atom is 0.407 e. The van der Waals surface area contributed by atoms with Crippen molar-refractivity contribution in [1.82, 2.24) is 20.1 Å². The number of anilines is 1. The average molecular weight is 312 g/mol. The molecule has 1 saturated heterocycles. The molecule has 0 spiro atoms. The molecule has 1 amide bonds. The number of pyridine rings is 1. The summed E-state index contributed by atoms with van der Waals surface area (Å²) in [7, 11) is 0. The number of hydrogen-bond donors (Lipinski definition) is 2. The first-order chi connectivity index (χ1) is 10.1. The summed E-state index contributed by atoms with van der Waals surface area (Å²) >= 11 is 5.94. The van der Waals surface area contributed by atoms with E-state index in [1.807, 2.05) is 0 Å². The lowest BCUT2D eigenvalue weighted by molar-refractivity contribution is 0.152. The number of alkyl halides is 1. The SMILES string of the molecule is O=C(O)N1C[C@H](F)[C@H](Nc2nnc(Cl)c3cccnc23)C1. The Labute approximate surface area is 123 Å². The zero-order chi connectivity index (χ0) is 15.0. The smallest absolute Gasteiger partial charge is 0.407 e. The Morgan fingerprint density at radius 1 is 1.48 bits per heavy atom. The molecule has 0 aliphatic carbocycles. The number of nitrogens with zero attached hydrogens (tertiary/aromatic N) is 4. The maximum atomic E-state index is 13.9. The molecule has 2 N–H and O–H groups in total. The molecule has 0 aromatic carbocycles. The number of likely N-dealkylation sites (tertiary alicyclic amines) is 1. The highest BCUT2D eigenvalue weighted by molar-refractivity contribution is 6.34. The van der Waals surface area contributed by atoms with Crippen LogP contribution in [0.1, 0.15) is 0 Å². The van der Waals surface area contributed by atoms with E-state index < -0.39 is 18.3 Å². The van der Waals surface area contributed by atoms with E-state index in [2.05, 4.69) is 20.5 Å². The van der Waals surface area contributed by atoms with Crippen LogP contribution in [0.4, 0.5) is 15.0 Å². The molecule has 7 nitrogen and oxygen atoms in total. The van der Waals surface area contributed by atoms with Gasteiger partial charge in [-0.15, -0.1) is 10.2 Å². The highest BCUT2D eigenvalue weighted by Crippen LogP contribution is 2.26. The van der Waals surface area contributed by atoms with Gasteiger partial charge in [-0.2, -0.15) is 0 Å². The molecule has 9 heteroatoms. The van der Waals surface area contributed by atoms with Crippen LogP contribution >= 0.6 is 11.6 Å². The summed E-state index contributed by atoms with van der Waals surface area (Å²) in [5.41, 5.74) is 0.471. The van der Waals surface area contributed by atoms with Crippen LogP contribution in [0.2, 0.25) is 5.15 Å². The molecule has 3 rings (SSSR count). The summed E-state index contributed by atoms with van der Waals surface area (Å²) in [5, 5.41) is 20.2. The van der Waals surface area contributed by atoms with Crippen molar-refractivity contribution in [1.29, 1.82) is 0 Å². The largest absolute Gasteiger partial charge is 0.465 e. The lowest BCUT2D eigenvalue weighted by Crippen LogP contribution is -2.31. The van der Waals surface area contributed by atoms with Crippen molar-refractivity contribution in [2.45, 2.75) is 12.2 Å². The van der Waals surface area contributed by atoms with E-state index in [0.717, 1.165) is 4.90 Å². The van der Waals surface area contributed by atoms with E-state index in [1.54, 1.807) is 18.3 Å². The molecule has 2 atom stereocenters. The highest BCUT2D eigenvalue weighted by Gasteiger charge is 2.36. The quantitative estimate of drug-likeness (QED) is 0.878. The Morgan fingerprint density at radius 3 is 3.00 bits per heavy atom. The van der Waals surface area contributed by atoms with Crippen molar-refractivity contribution in [3.63, 3.8) is 0 Å². The number of nitrogens with one attached hydrogen (secondary N) is 1. The van der Waals surface area contributed by atoms with Gasteiger partial charge in [0, 0.05) is 18.1 Å². The molecule has 0 radical (unpaired) electrons. The van der Waals surface area contributed by atoms with Crippen LogP contribution in [-0.2, 0) is 0 Å². The summed E-state index contributed by atoms with van der Waals surface area (Å²) in [6, 6.07) is 2.75. The van der Waals surface area contributed by atoms with Crippen molar-refractivity contribution < 1.29 is 14.3 Å². The molecule has 0 unspecified atom stereocenters. The van der Waals surface area contributed by atoms with E-state index in [1.165, 1.54) is 0 Å². The Kier molecular flexibility index (Phi) is 3.46. The average Bonchev–Trinajstić information content (AvgIpc) is 2.84. The molecule has 110 valence electrons. The lowest BCUT2D eigenvalue weighted by atomic mass is 10.2. The number of carboxylic acid groups (broad SMARTS) is 1. The Hall–Kier alpha value is -2.22. The standard InChI is InChI=1S/C12H11ClFN5O2/c13-10-6-2-1-3-15-9(6)11(18-17-10)16-8-5-19(12(20)21)4-7(8)14/h1-3,7-8H,4-5H2,(H,16,18)(H,20,21)/t7-,8+/m0/s1. The second-order valence-corrected chi connectivity index (χ2v) is 5.05. The molecule has 0 saturated carbocycles. The van der Waals surface area contributed by atoms with Gasteiger partial charge in [-0.25, -0.2) is 9.18 Å². The molecule has 3 heterocycles. The first-order valence-corrected chi connectivity index (χ1v) is 6.59. The van der Waals surface area contributed by atoms with E-state index in [-0.39, 0.29) is 24.1 Å². The summed E-state index contributed by atoms with van der Waals surface area (Å²) in [6.07, 6.45) is -0.902. The minimum atomic E-state index is -1.32. The van der Waals surface area contributed by atoms with E-state index in [4.69, 9.17) is 16.7 Å². The number of fused-ring (bicyclic) bond motifs is 1. The van der Waals surface area contributed by atoms with Crippen LogP contribution in [0, 0.1) is 0 Å². The van der Waals surface area contributed by atoms with Gasteiger partial charge in [0.15, 0.2) is 11.0 Å². The summed E-state index contributed by atoms with van der Waals surface area (Å²) in [4.78, 5) is 16.1. The third-order valence-corrected chi connectivity index (χ3v) is 3.61. The summed E-state index contributed by atoms with van der Waals surface area (Å²) < 4.78 is 13.9. The van der Waals surface area contributed by atoms with Gasteiger partial charge >= 0.3 is 6.09 Å². The third-order valence-electron chi connectivity index (χ3n) is 3.33. The van der Waals surface area contributed by atoms with Crippen LogP contribution in [0.3, 0.4) is 0 Å². The van der Waals surface area contributed by atoms with Crippen LogP contribution in [0.25, 0.3) is 10.9 Å². The number of carbonyl (C=O) groups is 1. The van der Waals surface area contributed by atoms with Crippen LogP contribution in [-0.4, -0.2) is 56.6 Å². The maximum absolute atomic E-state index is 13.9. The first kappa shape index (κ1) is 13.7. The van der Waals surface area contributed by atoms with Gasteiger partial charge in [0.25, 0.3) is 0 Å². The fourth-order valence-electron chi connectivity index (χ4n) is 2.28. The number of rotatable bonds is 2. The summed E-state index contributed by atoms with van der Waals surface area (Å²) in [5.74, 6) is 0.287. The Bertz CT molecular complexity index is 700. The predicted octanol–water partition coefficient (Wildman–Crippen LogP) is 1.79. The zero-order valence-corrected chi connectivity index (χ0v) is 11.5. The summed E-state index contributed by atoms with van der Waals surface area (Å²) in [6.45, 7) is -0.130. The Morgan fingerprint density at radius 2 is 2.29 bits per heavy atom. The molecule has 2 aromatic heterocycles. The molecule has 1 fully saturated rings. The second-order valence-electron chi connectivity index (χ2n) is 4.69. The normalized spacial score (nSPS) is 21.7. The minimum absolute atomic E-state index is 0.0368. The van der Waals surface area contributed by atoms with Gasteiger partial charge in [0.2, 0.25) is 0 Å². The van der Waals surface area contributed by atoms with Crippen LogP contribution < -0.4 is 5.32 Å². The van der Waals surface area contributed by atoms with Crippen molar-refractivity contribution in [2.24, 2.45) is 0 Å². The molecule has 1 aliphatic heterocycles. The number of hydrogen-bond acceptors (Lipinski definition) is 5. The van der Waals surface area contributed by atoms with Crippen LogP contribution in [0.15, 0.2) is 18.3 Å². The molecular formula is C12H11ClFN5O2. The highest BCUT2D eigenvalue weighted by atomic mass is 35.5. The predicted molar refractivity (Wildman–Crippen MR) is 74.2 cm³/mol. The van der Waals surface area contributed by atoms with E-state index >= 15 is 0 Å². The van der Waals surface area contributed by atoms with Gasteiger partial charge < -0.3 is 15.3 Å². The van der Waals surface area contributed by atoms with Gasteiger partial charge in [0.1, 0.15) is 11.7 Å². The van der Waals surface area contributed by atoms with Gasteiger partial charge in [0.05, 0.1) is 12.6 Å². The molecule has 0 bridgehead atoms. The van der Waals surface area contributed by atoms with Gasteiger partial charge in [-0.05, 0) is 12.1 Å². The van der Waals surface area contributed by atoms with Crippen molar-refractivity contribution in [3.8, 4) is 0 Å². The van der Waals surface area contributed by atoms with E-state index in [9.17, 15) is 9.18 Å². The lowest BCUT2D eigenvalue weighted by Gasteiger charge is -2.15. The van der Waals surface area contributed by atoms with Gasteiger partial charge in [-0.3, -0.25) is 4.98 Å². The minimum Gasteiger partial charge on any atom is -0.465 e. The Balaban J connectivity index is 1.89. The number of aromatic nitrogens is 3. The monoisotopic (exact) mass is 311 g/mol. The van der Waals surface area contributed by atoms with E-state index in [0.29, 0.717) is 10.9 Å².